The van der Waals surface area contributed by atoms with Crippen molar-refractivity contribution in [3.63, 3.8) is 0 Å². The Bertz CT molecular complexity index is 522. The van der Waals surface area contributed by atoms with E-state index in [0.29, 0.717) is 11.3 Å². The Labute approximate surface area is 96.7 Å². The van der Waals surface area contributed by atoms with Crippen LogP contribution < -0.4 is 11.1 Å². The van der Waals surface area contributed by atoms with Crippen molar-refractivity contribution in [2.24, 2.45) is 12.8 Å². The van der Waals surface area contributed by atoms with Gasteiger partial charge in [0, 0.05) is 13.2 Å². The molecule has 0 atom stereocenters. The third-order valence-corrected chi connectivity index (χ3v) is 2.46. The number of hydrogen-bond donors (Lipinski definition) is 2. The minimum Gasteiger partial charge on any atom is -0.362 e. The summed E-state index contributed by atoms with van der Waals surface area (Å²) in [5, 5.41) is 2.58. The van der Waals surface area contributed by atoms with E-state index < -0.39 is 19.0 Å². The van der Waals surface area contributed by atoms with Gasteiger partial charge in [0.25, 0.3) is 5.92 Å². The number of anilines is 1. The molecule has 7 heteroatoms. The molecular formula is C10H13F2N5. The molecule has 0 bridgehead atoms. The smallest absolute Gasteiger partial charge is 0.276 e. The Hall–Kier alpha value is -1.76. The molecule has 2 aromatic rings. The zero-order valence-corrected chi connectivity index (χ0v) is 9.32. The fraction of sp³-hybridized carbons (Fsp3) is 0.400. The van der Waals surface area contributed by atoms with E-state index in [9.17, 15) is 8.78 Å². The van der Waals surface area contributed by atoms with Crippen LogP contribution in [0.15, 0.2) is 18.6 Å². The summed E-state index contributed by atoms with van der Waals surface area (Å²) in [4.78, 5) is 8.10. The van der Waals surface area contributed by atoms with E-state index in [4.69, 9.17) is 5.73 Å². The second kappa shape index (κ2) is 4.25. The molecule has 92 valence electrons. The number of nitrogens with zero attached hydrogens (tertiary/aromatic N) is 3. The minimum absolute atomic E-state index is 0.344. The summed E-state index contributed by atoms with van der Waals surface area (Å²) in [6.07, 6.45) is 3.16. The molecule has 0 unspecified atom stereocenters. The number of aromatic nitrogens is 3. The molecule has 0 amide bonds. The van der Waals surface area contributed by atoms with Gasteiger partial charge in [-0.3, -0.25) is 0 Å². The maximum Gasteiger partial charge on any atom is 0.276 e. The summed E-state index contributed by atoms with van der Waals surface area (Å²) >= 11 is 0. The highest BCUT2D eigenvalue weighted by atomic mass is 19.3. The highest BCUT2D eigenvalue weighted by Gasteiger charge is 2.26. The van der Waals surface area contributed by atoms with Gasteiger partial charge in [-0.1, -0.05) is 0 Å². The number of nitrogens with two attached hydrogens (primary N) is 1. The zero-order chi connectivity index (χ0) is 12.5. The minimum atomic E-state index is -2.95. The van der Waals surface area contributed by atoms with Crippen LogP contribution in [-0.2, 0) is 7.05 Å². The standard InChI is InChI=1S/C10H13F2N5/c1-17-6-16-8-7(17)2-3-14-9(8)15-5-10(11,12)4-13/h2-3,6H,4-5,13H2,1H3,(H,14,15). The Kier molecular flexibility index (Phi) is 2.93. The number of nitrogens with one attached hydrogen (secondary N) is 1. The van der Waals surface area contributed by atoms with Gasteiger partial charge in [0.05, 0.1) is 24.9 Å². The van der Waals surface area contributed by atoms with Gasteiger partial charge in [-0.2, -0.15) is 0 Å². The molecule has 0 fully saturated rings. The molecule has 2 heterocycles. The van der Waals surface area contributed by atoms with Crippen molar-refractivity contribution >= 4 is 16.9 Å². The lowest BCUT2D eigenvalue weighted by molar-refractivity contribution is 0.0253. The molecule has 0 aliphatic carbocycles. The van der Waals surface area contributed by atoms with Crippen LogP contribution in [-0.4, -0.2) is 33.5 Å². The predicted octanol–water partition coefficient (Wildman–Crippen LogP) is 0.974. The maximum atomic E-state index is 13.0. The third kappa shape index (κ3) is 2.33. The average molecular weight is 241 g/mol. The second-order valence-corrected chi connectivity index (χ2v) is 3.80. The van der Waals surface area contributed by atoms with Crippen LogP contribution in [0.5, 0.6) is 0 Å². The first-order valence-electron chi connectivity index (χ1n) is 5.11. The fourth-order valence-corrected chi connectivity index (χ4v) is 1.48. The molecule has 3 N–H and O–H groups in total. The van der Waals surface area contributed by atoms with Gasteiger partial charge in [-0.15, -0.1) is 0 Å². The molecule has 0 radical (unpaired) electrons. The van der Waals surface area contributed by atoms with E-state index in [1.165, 1.54) is 0 Å². The number of pyridine rings is 1. The highest BCUT2D eigenvalue weighted by Crippen LogP contribution is 2.20. The van der Waals surface area contributed by atoms with E-state index in [0.717, 1.165) is 5.52 Å². The van der Waals surface area contributed by atoms with Crippen molar-refractivity contribution in [3.05, 3.63) is 18.6 Å². The SMILES string of the molecule is Cn1cnc2c(NCC(F)(F)CN)nccc21. The van der Waals surface area contributed by atoms with Crippen LogP contribution in [0.3, 0.4) is 0 Å². The van der Waals surface area contributed by atoms with Crippen molar-refractivity contribution in [3.8, 4) is 0 Å². The molecule has 0 aliphatic heterocycles. The van der Waals surface area contributed by atoms with E-state index in [1.54, 1.807) is 23.2 Å². The monoisotopic (exact) mass is 241 g/mol. The Morgan fingerprint density at radius 2 is 2.24 bits per heavy atom. The van der Waals surface area contributed by atoms with Crippen LogP contribution in [0.25, 0.3) is 11.0 Å². The first-order chi connectivity index (χ1) is 8.03. The quantitative estimate of drug-likeness (QED) is 0.837. The molecule has 2 rings (SSSR count). The van der Waals surface area contributed by atoms with Gasteiger partial charge in [-0.05, 0) is 6.07 Å². The number of imidazole rings is 1. The van der Waals surface area contributed by atoms with E-state index >= 15 is 0 Å². The second-order valence-electron chi connectivity index (χ2n) is 3.80. The largest absolute Gasteiger partial charge is 0.362 e. The van der Waals surface area contributed by atoms with Crippen LogP contribution in [0.1, 0.15) is 0 Å². The van der Waals surface area contributed by atoms with Gasteiger partial charge < -0.3 is 15.6 Å². The number of fused-ring (bicyclic) bond motifs is 1. The highest BCUT2D eigenvalue weighted by molar-refractivity contribution is 5.85. The van der Waals surface area contributed by atoms with Gasteiger partial charge >= 0.3 is 0 Å². The topological polar surface area (TPSA) is 68.8 Å². The van der Waals surface area contributed by atoms with E-state index in [2.05, 4.69) is 15.3 Å². The summed E-state index contributed by atoms with van der Waals surface area (Å²) in [5.74, 6) is -2.60. The number of aryl methyl sites for hydroxylation is 1. The van der Waals surface area contributed by atoms with Crippen LogP contribution in [0.4, 0.5) is 14.6 Å². The predicted molar refractivity (Wildman–Crippen MR) is 61.0 cm³/mol. The van der Waals surface area contributed by atoms with Gasteiger partial charge in [-0.25, -0.2) is 18.7 Å². The summed E-state index contributed by atoms with van der Waals surface area (Å²) in [5.41, 5.74) is 6.36. The van der Waals surface area contributed by atoms with Crippen LogP contribution in [0, 0.1) is 0 Å². The fourth-order valence-electron chi connectivity index (χ4n) is 1.48. The molecule has 0 aromatic carbocycles. The number of rotatable bonds is 4. The molecule has 0 saturated heterocycles. The van der Waals surface area contributed by atoms with Gasteiger partial charge in [0.2, 0.25) is 0 Å². The number of alkyl halides is 2. The zero-order valence-electron chi connectivity index (χ0n) is 9.32. The van der Waals surface area contributed by atoms with Crippen molar-refractivity contribution in [1.29, 1.82) is 0 Å². The average Bonchev–Trinajstić information content (AvgIpc) is 2.70. The first kappa shape index (κ1) is 11.7. The van der Waals surface area contributed by atoms with Crippen molar-refractivity contribution in [2.45, 2.75) is 5.92 Å². The molecule has 0 aliphatic rings. The molecule has 2 aromatic heterocycles. The lowest BCUT2D eigenvalue weighted by Gasteiger charge is -2.14. The normalized spacial score (nSPS) is 12.0. The first-order valence-corrected chi connectivity index (χ1v) is 5.11. The summed E-state index contributed by atoms with van der Waals surface area (Å²) in [6, 6.07) is 1.77. The molecule has 17 heavy (non-hydrogen) atoms. The van der Waals surface area contributed by atoms with Gasteiger partial charge in [0.15, 0.2) is 5.82 Å². The Balaban J connectivity index is 2.25. The molecule has 0 saturated carbocycles. The van der Waals surface area contributed by atoms with E-state index in [-0.39, 0.29) is 0 Å². The summed E-state index contributed by atoms with van der Waals surface area (Å²) in [6.45, 7) is -1.25. The van der Waals surface area contributed by atoms with Crippen LogP contribution >= 0.6 is 0 Å². The van der Waals surface area contributed by atoms with E-state index in [1.807, 2.05) is 7.05 Å². The maximum absolute atomic E-state index is 13.0. The summed E-state index contributed by atoms with van der Waals surface area (Å²) in [7, 11) is 1.83. The van der Waals surface area contributed by atoms with Gasteiger partial charge in [0.1, 0.15) is 5.52 Å². The molecular weight excluding hydrogens is 228 g/mol. The summed E-state index contributed by atoms with van der Waals surface area (Å²) < 4.78 is 27.8. The molecule has 0 spiro atoms. The number of halogens is 2. The van der Waals surface area contributed by atoms with Crippen molar-refractivity contribution < 1.29 is 8.78 Å². The van der Waals surface area contributed by atoms with Crippen molar-refractivity contribution in [1.82, 2.24) is 14.5 Å². The Morgan fingerprint density at radius 3 is 2.94 bits per heavy atom. The number of hydrogen-bond acceptors (Lipinski definition) is 4. The molecule has 5 nitrogen and oxygen atoms in total. The third-order valence-electron chi connectivity index (χ3n) is 2.46. The Morgan fingerprint density at radius 1 is 1.47 bits per heavy atom. The lowest BCUT2D eigenvalue weighted by Crippen LogP contribution is -2.35. The lowest BCUT2D eigenvalue weighted by atomic mass is 10.3. The van der Waals surface area contributed by atoms with Crippen LogP contribution in [0.2, 0.25) is 0 Å². The van der Waals surface area contributed by atoms with Crippen molar-refractivity contribution in [2.75, 3.05) is 18.4 Å².